The highest BCUT2D eigenvalue weighted by Gasteiger charge is 2.33. The molecule has 1 heterocycles. The van der Waals surface area contributed by atoms with Gasteiger partial charge in [0, 0.05) is 34.2 Å². The molecule has 0 aliphatic heterocycles. The summed E-state index contributed by atoms with van der Waals surface area (Å²) in [5.41, 5.74) is 1.58. The summed E-state index contributed by atoms with van der Waals surface area (Å²) in [7, 11) is 0. The minimum Gasteiger partial charge on any atom is -0.550 e. The lowest BCUT2D eigenvalue weighted by molar-refractivity contribution is -0.304. The van der Waals surface area contributed by atoms with Gasteiger partial charge in [-0.2, -0.15) is 0 Å². The first-order valence-electron chi connectivity index (χ1n) is 6.10. The highest BCUT2D eigenvalue weighted by Crippen LogP contribution is 2.35. The number of carbonyl (C=O) groups excluding carboxylic acids is 2. The van der Waals surface area contributed by atoms with Crippen molar-refractivity contribution in [1.29, 1.82) is 0 Å². The maximum absolute atomic E-state index is 12.2. The van der Waals surface area contributed by atoms with Gasteiger partial charge in [0.05, 0.1) is 5.69 Å². The van der Waals surface area contributed by atoms with E-state index in [4.69, 9.17) is 11.6 Å². The van der Waals surface area contributed by atoms with E-state index in [1.807, 2.05) is 0 Å². The van der Waals surface area contributed by atoms with Crippen LogP contribution in [0.25, 0.3) is 10.9 Å². The predicted octanol–water partition coefficient (Wildman–Crippen LogP) is 1.71. The molecule has 0 saturated heterocycles. The number of rotatable bonds is 4. The number of hydrogen-bond acceptors (Lipinski definition) is 3. The molecule has 19 heavy (non-hydrogen) atoms. The minimum atomic E-state index is -1.19. The Kier molecular flexibility index (Phi) is 2.82. The van der Waals surface area contributed by atoms with Crippen LogP contribution in [-0.2, 0) is 11.2 Å². The normalized spacial score (nSPS) is 14.8. The molecule has 1 N–H and O–H groups in total. The van der Waals surface area contributed by atoms with Gasteiger partial charge in [-0.25, -0.2) is 0 Å². The first kappa shape index (κ1) is 12.2. The van der Waals surface area contributed by atoms with Crippen molar-refractivity contribution in [3.05, 3.63) is 34.5 Å². The fourth-order valence-corrected chi connectivity index (χ4v) is 2.49. The lowest BCUT2D eigenvalue weighted by Crippen LogP contribution is -2.25. The number of halogens is 1. The Bertz CT molecular complexity index is 685. The van der Waals surface area contributed by atoms with Gasteiger partial charge in [-0.15, -0.1) is 0 Å². The van der Waals surface area contributed by atoms with Gasteiger partial charge in [-0.05, 0) is 30.5 Å². The van der Waals surface area contributed by atoms with E-state index in [-0.39, 0.29) is 18.1 Å². The van der Waals surface area contributed by atoms with Gasteiger partial charge in [0.15, 0.2) is 5.78 Å². The van der Waals surface area contributed by atoms with Crippen LogP contribution in [-0.4, -0.2) is 16.7 Å². The highest BCUT2D eigenvalue weighted by atomic mass is 35.5. The number of hydrogen-bond donors (Lipinski definition) is 1. The number of aromatic nitrogens is 1. The molecule has 0 atom stereocenters. The first-order chi connectivity index (χ1) is 9.06. The number of carboxylic acids is 1. The molecule has 2 aromatic rings. The number of carboxylic acid groups (broad SMARTS) is 1. The molecule has 1 aliphatic rings. The third kappa shape index (κ3) is 2.24. The van der Waals surface area contributed by atoms with Crippen molar-refractivity contribution in [3.8, 4) is 0 Å². The summed E-state index contributed by atoms with van der Waals surface area (Å²) >= 11 is 5.91. The van der Waals surface area contributed by atoms with Crippen molar-refractivity contribution in [3.63, 3.8) is 0 Å². The van der Waals surface area contributed by atoms with E-state index in [0.717, 1.165) is 18.2 Å². The molecule has 3 rings (SSSR count). The summed E-state index contributed by atoms with van der Waals surface area (Å²) in [4.78, 5) is 26.1. The lowest BCUT2D eigenvalue weighted by atomic mass is 10.0. The Morgan fingerprint density at radius 3 is 2.74 bits per heavy atom. The average Bonchev–Trinajstić information content (AvgIpc) is 3.13. The summed E-state index contributed by atoms with van der Waals surface area (Å²) in [6.07, 6.45) is 1.48. The maximum Gasteiger partial charge on any atom is 0.182 e. The molecule has 0 spiro atoms. The number of benzene rings is 1. The summed E-state index contributed by atoms with van der Waals surface area (Å²) in [5.74, 6) is -1.17. The standard InChI is InChI=1S/C14H12ClNO3/c15-8-3-4-9-10(6-12(17)18)13(16-11(9)5-8)14(19)7-1-2-7/h3-5,7,16H,1-2,6H2,(H,17,18)/p-1. The predicted molar refractivity (Wildman–Crippen MR) is 69.1 cm³/mol. The number of Topliss-reactive ketones (excluding diaryl/α,β-unsaturated/α-hetero) is 1. The van der Waals surface area contributed by atoms with Gasteiger partial charge in [-0.1, -0.05) is 17.7 Å². The van der Waals surface area contributed by atoms with Gasteiger partial charge < -0.3 is 14.9 Å². The molecular weight excluding hydrogens is 266 g/mol. The van der Waals surface area contributed by atoms with Crippen molar-refractivity contribution in [2.75, 3.05) is 0 Å². The summed E-state index contributed by atoms with van der Waals surface area (Å²) in [6, 6.07) is 5.11. The Morgan fingerprint density at radius 2 is 2.11 bits per heavy atom. The lowest BCUT2D eigenvalue weighted by Gasteiger charge is -2.04. The van der Waals surface area contributed by atoms with Crippen molar-refractivity contribution in [1.82, 2.24) is 4.98 Å². The minimum absolute atomic E-state index is 0.0106. The maximum atomic E-state index is 12.2. The highest BCUT2D eigenvalue weighted by molar-refractivity contribution is 6.31. The molecule has 5 heteroatoms. The van der Waals surface area contributed by atoms with Crippen LogP contribution in [0.5, 0.6) is 0 Å². The van der Waals surface area contributed by atoms with E-state index in [1.165, 1.54) is 0 Å². The van der Waals surface area contributed by atoms with E-state index in [0.29, 0.717) is 21.8 Å². The number of H-pyrrole nitrogens is 1. The molecule has 98 valence electrons. The van der Waals surface area contributed by atoms with Crippen LogP contribution in [0.3, 0.4) is 0 Å². The summed E-state index contributed by atoms with van der Waals surface area (Å²) < 4.78 is 0. The SMILES string of the molecule is O=C([O-])Cc1c(C(=O)C2CC2)[nH]c2cc(Cl)ccc12. The molecular formula is C14H11ClNO3-. The van der Waals surface area contributed by atoms with E-state index in [1.54, 1.807) is 18.2 Å². The molecule has 1 aromatic carbocycles. The quantitative estimate of drug-likeness (QED) is 0.864. The van der Waals surface area contributed by atoms with Gasteiger partial charge in [0.1, 0.15) is 0 Å². The van der Waals surface area contributed by atoms with E-state index in [9.17, 15) is 14.7 Å². The number of carbonyl (C=O) groups is 2. The van der Waals surface area contributed by atoms with Crippen molar-refractivity contribution >= 4 is 34.3 Å². The van der Waals surface area contributed by atoms with E-state index < -0.39 is 5.97 Å². The molecule has 0 unspecified atom stereocenters. The van der Waals surface area contributed by atoms with Crippen LogP contribution in [0.15, 0.2) is 18.2 Å². The third-order valence-electron chi connectivity index (χ3n) is 3.38. The van der Waals surface area contributed by atoms with Crippen LogP contribution < -0.4 is 5.11 Å². The van der Waals surface area contributed by atoms with Gasteiger partial charge in [0.25, 0.3) is 0 Å². The smallest absolute Gasteiger partial charge is 0.182 e. The number of ketones is 1. The number of aliphatic carboxylic acids is 1. The van der Waals surface area contributed by atoms with Crippen LogP contribution >= 0.6 is 11.6 Å². The fraction of sp³-hybridized carbons (Fsp3) is 0.286. The largest absolute Gasteiger partial charge is 0.550 e. The van der Waals surface area contributed by atoms with Crippen molar-refractivity contribution in [2.45, 2.75) is 19.3 Å². The Balaban J connectivity index is 2.17. The molecule has 0 radical (unpaired) electrons. The molecule has 1 aromatic heterocycles. The molecule has 1 fully saturated rings. The van der Waals surface area contributed by atoms with E-state index in [2.05, 4.69) is 4.98 Å². The van der Waals surface area contributed by atoms with Crippen LogP contribution in [0.2, 0.25) is 5.02 Å². The van der Waals surface area contributed by atoms with E-state index >= 15 is 0 Å². The van der Waals surface area contributed by atoms with Crippen LogP contribution in [0.1, 0.15) is 28.9 Å². The Morgan fingerprint density at radius 1 is 1.37 bits per heavy atom. The molecule has 0 bridgehead atoms. The second kappa shape index (κ2) is 4.38. The van der Waals surface area contributed by atoms with Gasteiger partial charge in [0.2, 0.25) is 0 Å². The van der Waals surface area contributed by atoms with Crippen molar-refractivity contribution < 1.29 is 14.7 Å². The number of aromatic amines is 1. The zero-order chi connectivity index (χ0) is 13.6. The Labute approximate surface area is 114 Å². The second-order valence-corrected chi connectivity index (χ2v) is 5.29. The topological polar surface area (TPSA) is 73.0 Å². The molecule has 1 aliphatic carbocycles. The molecule has 4 nitrogen and oxygen atoms in total. The molecule has 0 amide bonds. The summed E-state index contributed by atoms with van der Waals surface area (Å²) in [5, 5.41) is 12.1. The average molecular weight is 277 g/mol. The van der Waals surface area contributed by atoms with Gasteiger partial charge >= 0.3 is 0 Å². The zero-order valence-electron chi connectivity index (χ0n) is 10.0. The van der Waals surface area contributed by atoms with Gasteiger partial charge in [-0.3, -0.25) is 4.79 Å². The van der Waals surface area contributed by atoms with Crippen LogP contribution in [0, 0.1) is 5.92 Å². The zero-order valence-corrected chi connectivity index (χ0v) is 10.8. The number of fused-ring (bicyclic) bond motifs is 1. The van der Waals surface area contributed by atoms with Crippen molar-refractivity contribution in [2.24, 2.45) is 5.92 Å². The second-order valence-electron chi connectivity index (χ2n) is 4.86. The molecule has 1 saturated carbocycles. The third-order valence-corrected chi connectivity index (χ3v) is 3.62. The number of nitrogens with one attached hydrogen (secondary N) is 1. The fourth-order valence-electron chi connectivity index (χ4n) is 2.32. The Hall–Kier alpha value is -1.81. The first-order valence-corrected chi connectivity index (χ1v) is 6.48. The monoisotopic (exact) mass is 276 g/mol. The summed E-state index contributed by atoms with van der Waals surface area (Å²) in [6.45, 7) is 0. The van der Waals surface area contributed by atoms with Crippen LogP contribution in [0.4, 0.5) is 0 Å².